The summed E-state index contributed by atoms with van der Waals surface area (Å²) >= 11 is 0. The summed E-state index contributed by atoms with van der Waals surface area (Å²) < 4.78 is 5.85. The van der Waals surface area contributed by atoms with Gasteiger partial charge in [0, 0.05) is 0 Å². The zero-order valence-corrected chi connectivity index (χ0v) is 11.3. The van der Waals surface area contributed by atoms with Crippen LogP contribution in [0, 0.1) is 0 Å². The predicted octanol–water partition coefficient (Wildman–Crippen LogP) is 3.41. The number of hydrogen-bond acceptors (Lipinski definition) is 2. The summed E-state index contributed by atoms with van der Waals surface area (Å²) in [5.41, 5.74) is 1.36. The van der Waals surface area contributed by atoms with E-state index in [4.69, 9.17) is 4.74 Å². The first-order valence-corrected chi connectivity index (χ1v) is 6.72. The third-order valence-corrected chi connectivity index (χ3v) is 2.82. The monoisotopic (exact) mass is 235 g/mol. The molecule has 2 heteroatoms. The van der Waals surface area contributed by atoms with Gasteiger partial charge in [-0.05, 0) is 57.0 Å². The lowest BCUT2D eigenvalue weighted by molar-refractivity contribution is 0.210. The largest absolute Gasteiger partial charge is 0.491 e. The van der Waals surface area contributed by atoms with Crippen LogP contribution in [0.15, 0.2) is 24.3 Å². The van der Waals surface area contributed by atoms with Crippen molar-refractivity contribution in [2.24, 2.45) is 0 Å². The molecule has 1 atom stereocenters. The summed E-state index contributed by atoms with van der Waals surface area (Å²) in [5, 5.41) is 3.39. The molecule has 1 N–H and O–H groups in total. The van der Waals surface area contributed by atoms with Crippen molar-refractivity contribution in [1.82, 2.24) is 5.32 Å². The first kappa shape index (κ1) is 14.0. The predicted molar refractivity (Wildman–Crippen MR) is 73.7 cm³/mol. The van der Waals surface area contributed by atoms with Crippen LogP contribution >= 0.6 is 0 Å². The van der Waals surface area contributed by atoms with Gasteiger partial charge in [-0.1, -0.05) is 26.0 Å². The number of nitrogens with one attached hydrogen (secondary N) is 1. The minimum absolute atomic E-state index is 0.270. The molecule has 1 rings (SSSR count). The zero-order chi connectivity index (χ0) is 12.5. The minimum Gasteiger partial charge on any atom is -0.491 e. The van der Waals surface area contributed by atoms with Gasteiger partial charge in [-0.2, -0.15) is 0 Å². The molecule has 1 aromatic carbocycles. The average Bonchev–Trinajstić information content (AvgIpc) is 2.36. The second-order valence-corrected chi connectivity index (χ2v) is 4.46. The van der Waals surface area contributed by atoms with Gasteiger partial charge in [0.1, 0.15) is 5.75 Å². The van der Waals surface area contributed by atoms with Gasteiger partial charge in [0.25, 0.3) is 0 Å². The van der Waals surface area contributed by atoms with Gasteiger partial charge < -0.3 is 10.1 Å². The lowest BCUT2D eigenvalue weighted by Gasteiger charge is -2.15. The van der Waals surface area contributed by atoms with Gasteiger partial charge in [-0.25, -0.2) is 0 Å². The average molecular weight is 235 g/mol. The van der Waals surface area contributed by atoms with Crippen molar-refractivity contribution in [2.75, 3.05) is 13.1 Å². The molecule has 0 saturated carbocycles. The van der Waals surface area contributed by atoms with E-state index >= 15 is 0 Å². The van der Waals surface area contributed by atoms with E-state index in [1.165, 1.54) is 12.0 Å². The van der Waals surface area contributed by atoms with Crippen LogP contribution in [0.5, 0.6) is 5.75 Å². The molecule has 0 aliphatic rings. The Kier molecular flexibility index (Phi) is 6.71. The third-order valence-electron chi connectivity index (χ3n) is 2.82. The van der Waals surface area contributed by atoms with Crippen LogP contribution < -0.4 is 10.1 Å². The molecule has 0 amide bonds. The van der Waals surface area contributed by atoms with Crippen molar-refractivity contribution < 1.29 is 4.74 Å². The van der Waals surface area contributed by atoms with E-state index in [0.717, 1.165) is 31.7 Å². The maximum atomic E-state index is 5.85. The molecule has 1 unspecified atom stereocenters. The maximum absolute atomic E-state index is 5.85. The summed E-state index contributed by atoms with van der Waals surface area (Å²) in [6, 6.07) is 8.40. The van der Waals surface area contributed by atoms with E-state index in [1.807, 2.05) is 0 Å². The van der Waals surface area contributed by atoms with E-state index < -0.39 is 0 Å². The topological polar surface area (TPSA) is 21.3 Å². The van der Waals surface area contributed by atoms with E-state index in [0.29, 0.717) is 0 Å². The van der Waals surface area contributed by atoms with Gasteiger partial charge in [0.2, 0.25) is 0 Å². The summed E-state index contributed by atoms with van der Waals surface area (Å²) in [7, 11) is 0. The molecule has 0 aromatic heterocycles. The highest BCUT2D eigenvalue weighted by molar-refractivity contribution is 5.27. The molecule has 0 fully saturated rings. The SMILES string of the molecule is CCCNCCC(C)Oc1ccc(CC)cc1. The highest BCUT2D eigenvalue weighted by atomic mass is 16.5. The Morgan fingerprint density at radius 1 is 1.12 bits per heavy atom. The molecule has 96 valence electrons. The highest BCUT2D eigenvalue weighted by Gasteiger charge is 2.03. The fourth-order valence-corrected chi connectivity index (χ4v) is 1.70. The highest BCUT2D eigenvalue weighted by Crippen LogP contribution is 2.14. The Bertz CT molecular complexity index is 294. The number of ether oxygens (including phenoxy) is 1. The second-order valence-electron chi connectivity index (χ2n) is 4.46. The molecular weight excluding hydrogens is 210 g/mol. The van der Waals surface area contributed by atoms with Gasteiger partial charge in [0.05, 0.1) is 6.10 Å². The Morgan fingerprint density at radius 3 is 2.41 bits per heavy atom. The van der Waals surface area contributed by atoms with Gasteiger partial charge in [-0.3, -0.25) is 0 Å². The van der Waals surface area contributed by atoms with Crippen molar-refractivity contribution in [3.63, 3.8) is 0 Å². The lowest BCUT2D eigenvalue weighted by Crippen LogP contribution is -2.22. The third kappa shape index (κ3) is 5.73. The maximum Gasteiger partial charge on any atom is 0.119 e. The number of rotatable bonds is 8. The Labute approximate surface area is 105 Å². The van der Waals surface area contributed by atoms with Crippen LogP contribution in [0.1, 0.15) is 39.2 Å². The molecule has 0 radical (unpaired) electrons. The normalized spacial score (nSPS) is 12.4. The van der Waals surface area contributed by atoms with Crippen LogP contribution in [-0.2, 0) is 6.42 Å². The smallest absolute Gasteiger partial charge is 0.119 e. The van der Waals surface area contributed by atoms with Crippen molar-refractivity contribution in [2.45, 2.75) is 46.1 Å². The van der Waals surface area contributed by atoms with Crippen LogP contribution in [0.2, 0.25) is 0 Å². The van der Waals surface area contributed by atoms with Crippen molar-refractivity contribution in [1.29, 1.82) is 0 Å². The molecule has 0 bridgehead atoms. The van der Waals surface area contributed by atoms with Crippen molar-refractivity contribution in [3.8, 4) is 5.75 Å². The summed E-state index contributed by atoms with van der Waals surface area (Å²) in [6.45, 7) is 8.60. The van der Waals surface area contributed by atoms with Crippen molar-refractivity contribution >= 4 is 0 Å². The van der Waals surface area contributed by atoms with Gasteiger partial charge in [-0.15, -0.1) is 0 Å². The standard InChI is InChI=1S/C15H25NO/c1-4-11-16-12-10-13(3)17-15-8-6-14(5-2)7-9-15/h6-9,13,16H,4-5,10-12H2,1-3H3. The second kappa shape index (κ2) is 8.13. The molecule has 0 saturated heterocycles. The quantitative estimate of drug-likeness (QED) is 0.697. The molecule has 1 aromatic rings. The summed E-state index contributed by atoms with van der Waals surface area (Å²) in [6.07, 6.45) is 3.59. The number of hydrogen-bond donors (Lipinski definition) is 1. The molecule has 2 nitrogen and oxygen atoms in total. The molecule has 0 aliphatic heterocycles. The lowest BCUT2D eigenvalue weighted by atomic mass is 10.2. The fourth-order valence-electron chi connectivity index (χ4n) is 1.70. The summed E-state index contributed by atoms with van der Waals surface area (Å²) in [4.78, 5) is 0. The Hall–Kier alpha value is -1.02. The van der Waals surface area contributed by atoms with Crippen LogP contribution in [0.25, 0.3) is 0 Å². The first-order chi connectivity index (χ1) is 8.26. The van der Waals surface area contributed by atoms with Gasteiger partial charge >= 0.3 is 0 Å². The Morgan fingerprint density at radius 2 is 1.82 bits per heavy atom. The van der Waals surface area contributed by atoms with Crippen LogP contribution in [-0.4, -0.2) is 19.2 Å². The van der Waals surface area contributed by atoms with Crippen molar-refractivity contribution in [3.05, 3.63) is 29.8 Å². The Balaban J connectivity index is 2.26. The zero-order valence-electron chi connectivity index (χ0n) is 11.3. The van der Waals surface area contributed by atoms with E-state index in [9.17, 15) is 0 Å². The van der Waals surface area contributed by atoms with Crippen LogP contribution in [0.4, 0.5) is 0 Å². The van der Waals surface area contributed by atoms with Crippen LogP contribution in [0.3, 0.4) is 0 Å². The van der Waals surface area contributed by atoms with E-state index in [-0.39, 0.29) is 6.10 Å². The summed E-state index contributed by atoms with van der Waals surface area (Å²) in [5.74, 6) is 0.977. The van der Waals surface area contributed by atoms with Gasteiger partial charge in [0.15, 0.2) is 0 Å². The van der Waals surface area contributed by atoms with E-state index in [2.05, 4.69) is 50.4 Å². The number of benzene rings is 1. The molecule has 0 aliphatic carbocycles. The molecule has 17 heavy (non-hydrogen) atoms. The first-order valence-electron chi connectivity index (χ1n) is 6.72. The molecule has 0 spiro atoms. The minimum atomic E-state index is 0.270. The number of aryl methyl sites for hydroxylation is 1. The fraction of sp³-hybridized carbons (Fsp3) is 0.600. The van der Waals surface area contributed by atoms with E-state index in [1.54, 1.807) is 0 Å². The molecular formula is C15H25NO. The molecule has 0 heterocycles.